The molecular weight excluding hydrogens is 296 g/mol. The van der Waals surface area contributed by atoms with Crippen molar-refractivity contribution in [3.8, 4) is 0 Å². The molecule has 6 nitrogen and oxygen atoms in total. The maximum atomic E-state index is 11.8. The molecule has 1 amide bonds. The van der Waals surface area contributed by atoms with E-state index in [0.717, 1.165) is 16.5 Å². The number of ether oxygens (including phenoxy) is 1. The summed E-state index contributed by atoms with van der Waals surface area (Å²) in [5.41, 5.74) is 1.21. The van der Waals surface area contributed by atoms with Crippen LogP contribution in [0.5, 0.6) is 0 Å². The van der Waals surface area contributed by atoms with E-state index in [2.05, 4.69) is 5.32 Å². The molecule has 1 aromatic heterocycles. The number of aromatic nitrogens is 1. The van der Waals surface area contributed by atoms with E-state index < -0.39 is 23.7 Å². The Bertz CT molecular complexity index is 728. The molecule has 1 atom stereocenters. The van der Waals surface area contributed by atoms with Gasteiger partial charge < -0.3 is 19.7 Å². The Morgan fingerprint density at radius 2 is 1.96 bits per heavy atom. The van der Waals surface area contributed by atoms with Gasteiger partial charge in [-0.3, -0.25) is 0 Å². The first-order valence-corrected chi connectivity index (χ1v) is 7.42. The van der Waals surface area contributed by atoms with E-state index in [-0.39, 0.29) is 6.42 Å². The molecule has 0 aliphatic heterocycles. The van der Waals surface area contributed by atoms with Crippen LogP contribution in [-0.4, -0.2) is 33.4 Å². The fourth-order valence-corrected chi connectivity index (χ4v) is 2.46. The van der Waals surface area contributed by atoms with Crippen molar-refractivity contribution in [3.63, 3.8) is 0 Å². The number of fused-ring (bicyclic) bond motifs is 1. The van der Waals surface area contributed by atoms with E-state index in [1.165, 1.54) is 0 Å². The summed E-state index contributed by atoms with van der Waals surface area (Å²) >= 11 is 0. The second-order valence-corrected chi connectivity index (χ2v) is 6.52. The normalized spacial score (nSPS) is 12.9. The summed E-state index contributed by atoms with van der Waals surface area (Å²) in [6, 6.07) is 6.70. The van der Waals surface area contributed by atoms with Crippen LogP contribution in [0.1, 0.15) is 26.3 Å². The average molecular weight is 318 g/mol. The quantitative estimate of drug-likeness (QED) is 0.908. The predicted octanol–water partition coefficient (Wildman–Crippen LogP) is 2.70. The standard InChI is InChI=1S/C17H22N2O4/c1-17(2,3)23-16(22)18-13(15(20)21)9-11-10-19(4)14-8-6-5-7-12(11)14/h5-8,10,13H,9H2,1-4H3,(H,18,22)(H,20,21). The van der Waals surface area contributed by atoms with Crippen molar-refractivity contribution in [2.45, 2.75) is 38.8 Å². The maximum Gasteiger partial charge on any atom is 0.408 e. The van der Waals surface area contributed by atoms with Gasteiger partial charge in [-0.2, -0.15) is 0 Å². The predicted molar refractivity (Wildman–Crippen MR) is 87.4 cm³/mol. The van der Waals surface area contributed by atoms with Crippen LogP contribution in [0.2, 0.25) is 0 Å². The van der Waals surface area contributed by atoms with Crippen molar-refractivity contribution in [2.24, 2.45) is 7.05 Å². The molecule has 2 rings (SSSR count). The molecule has 1 heterocycles. The van der Waals surface area contributed by atoms with Gasteiger partial charge in [-0.15, -0.1) is 0 Å². The van der Waals surface area contributed by atoms with Crippen LogP contribution < -0.4 is 5.32 Å². The van der Waals surface area contributed by atoms with Gasteiger partial charge in [0.1, 0.15) is 11.6 Å². The van der Waals surface area contributed by atoms with Crippen molar-refractivity contribution >= 4 is 23.0 Å². The number of carbonyl (C=O) groups excluding carboxylic acids is 1. The Labute approximate surface area is 135 Å². The first kappa shape index (κ1) is 16.9. The molecule has 0 aliphatic rings. The summed E-state index contributed by atoms with van der Waals surface area (Å²) in [5.74, 6) is -1.09. The van der Waals surface area contributed by atoms with E-state index in [1.54, 1.807) is 20.8 Å². The molecule has 23 heavy (non-hydrogen) atoms. The number of rotatable bonds is 4. The highest BCUT2D eigenvalue weighted by Gasteiger charge is 2.25. The number of carboxylic acid groups (broad SMARTS) is 1. The zero-order valence-electron chi connectivity index (χ0n) is 13.8. The molecule has 6 heteroatoms. The van der Waals surface area contributed by atoms with E-state index >= 15 is 0 Å². The van der Waals surface area contributed by atoms with Gasteiger partial charge in [-0.1, -0.05) is 18.2 Å². The summed E-state index contributed by atoms with van der Waals surface area (Å²) in [6.07, 6.45) is 1.35. The largest absolute Gasteiger partial charge is 0.480 e. The van der Waals surface area contributed by atoms with Gasteiger partial charge in [-0.25, -0.2) is 9.59 Å². The Kier molecular flexibility index (Phi) is 4.63. The monoisotopic (exact) mass is 318 g/mol. The second-order valence-electron chi connectivity index (χ2n) is 6.52. The Hall–Kier alpha value is -2.50. The second kappa shape index (κ2) is 6.32. The van der Waals surface area contributed by atoms with Crippen molar-refractivity contribution in [2.75, 3.05) is 0 Å². The van der Waals surface area contributed by atoms with Crippen LogP contribution in [0.4, 0.5) is 4.79 Å². The number of aliphatic carboxylic acids is 1. The highest BCUT2D eigenvalue weighted by Crippen LogP contribution is 2.21. The Balaban J connectivity index is 2.19. The van der Waals surface area contributed by atoms with Gasteiger partial charge in [0.05, 0.1) is 0 Å². The number of para-hydroxylation sites is 1. The molecule has 0 spiro atoms. The number of hydrogen-bond acceptors (Lipinski definition) is 3. The third-order valence-electron chi connectivity index (χ3n) is 3.39. The van der Waals surface area contributed by atoms with Crippen LogP contribution in [-0.2, 0) is 23.0 Å². The van der Waals surface area contributed by atoms with Crippen LogP contribution in [0.15, 0.2) is 30.5 Å². The molecule has 0 radical (unpaired) electrons. The van der Waals surface area contributed by atoms with Crippen molar-refractivity contribution < 1.29 is 19.4 Å². The lowest BCUT2D eigenvalue weighted by Gasteiger charge is -2.22. The van der Waals surface area contributed by atoms with Gasteiger partial charge in [-0.05, 0) is 32.4 Å². The highest BCUT2D eigenvalue weighted by molar-refractivity contribution is 5.86. The minimum Gasteiger partial charge on any atom is -0.480 e. The van der Waals surface area contributed by atoms with E-state index in [4.69, 9.17) is 4.74 Å². The molecule has 1 unspecified atom stereocenters. The number of hydrogen-bond donors (Lipinski definition) is 2. The molecule has 0 saturated heterocycles. The number of carboxylic acids is 1. The van der Waals surface area contributed by atoms with E-state index in [9.17, 15) is 14.7 Å². The van der Waals surface area contributed by atoms with Crippen LogP contribution in [0.3, 0.4) is 0 Å². The molecular formula is C17H22N2O4. The molecule has 2 aromatic rings. The fourth-order valence-electron chi connectivity index (χ4n) is 2.46. The number of benzene rings is 1. The topological polar surface area (TPSA) is 80.6 Å². The highest BCUT2D eigenvalue weighted by atomic mass is 16.6. The van der Waals surface area contributed by atoms with Gasteiger partial charge in [0.25, 0.3) is 0 Å². The third-order valence-corrected chi connectivity index (χ3v) is 3.39. The first-order chi connectivity index (χ1) is 10.7. The molecule has 0 bridgehead atoms. The molecule has 2 N–H and O–H groups in total. The number of amides is 1. The molecule has 0 fully saturated rings. The summed E-state index contributed by atoms with van der Waals surface area (Å²) in [5, 5.41) is 12.8. The number of carbonyl (C=O) groups is 2. The zero-order valence-corrected chi connectivity index (χ0v) is 13.8. The molecule has 1 aromatic carbocycles. The fraction of sp³-hybridized carbons (Fsp3) is 0.412. The molecule has 0 aliphatic carbocycles. The average Bonchev–Trinajstić information content (AvgIpc) is 2.73. The van der Waals surface area contributed by atoms with Crippen molar-refractivity contribution in [1.82, 2.24) is 9.88 Å². The first-order valence-electron chi connectivity index (χ1n) is 7.42. The zero-order chi connectivity index (χ0) is 17.2. The van der Waals surface area contributed by atoms with Gasteiger partial charge in [0, 0.05) is 30.6 Å². The van der Waals surface area contributed by atoms with Crippen molar-refractivity contribution in [3.05, 3.63) is 36.0 Å². The maximum absolute atomic E-state index is 11.8. The number of nitrogens with zero attached hydrogens (tertiary/aromatic N) is 1. The minimum atomic E-state index is -1.09. The third kappa shape index (κ3) is 4.25. The lowest BCUT2D eigenvalue weighted by Crippen LogP contribution is -2.44. The van der Waals surface area contributed by atoms with Crippen LogP contribution in [0.25, 0.3) is 10.9 Å². The number of nitrogens with one attached hydrogen (secondary N) is 1. The Morgan fingerprint density at radius 1 is 1.30 bits per heavy atom. The minimum absolute atomic E-state index is 0.190. The summed E-state index contributed by atoms with van der Waals surface area (Å²) in [7, 11) is 1.91. The summed E-state index contributed by atoms with van der Waals surface area (Å²) in [6.45, 7) is 5.19. The van der Waals surface area contributed by atoms with E-state index in [1.807, 2.05) is 42.1 Å². The smallest absolute Gasteiger partial charge is 0.408 e. The lowest BCUT2D eigenvalue weighted by atomic mass is 10.1. The van der Waals surface area contributed by atoms with Gasteiger partial charge in [0.15, 0.2) is 0 Å². The van der Waals surface area contributed by atoms with Gasteiger partial charge in [0.2, 0.25) is 0 Å². The summed E-state index contributed by atoms with van der Waals surface area (Å²) < 4.78 is 7.07. The summed E-state index contributed by atoms with van der Waals surface area (Å²) in [4.78, 5) is 23.3. The SMILES string of the molecule is Cn1cc(CC(NC(=O)OC(C)(C)C)C(=O)O)c2ccccc21. The number of alkyl carbamates (subject to hydrolysis) is 1. The number of aryl methyl sites for hydroxylation is 1. The lowest BCUT2D eigenvalue weighted by molar-refractivity contribution is -0.139. The van der Waals surface area contributed by atoms with Crippen LogP contribution in [0, 0.1) is 0 Å². The van der Waals surface area contributed by atoms with Crippen LogP contribution >= 0.6 is 0 Å². The van der Waals surface area contributed by atoms with Crippen molar-refractivity contribution in [1.29, 1.82) is 0 Å². The van der Waals surface area contributed by atoms with E-state index in [0.29, 0.717) is 0 Å². The van der Waals surface area contributed by atoms with Gasteiger partial charge >= 0.3 is 12.1 Å². The Morgan fingerprint density at radius 3 is 2.57 bits per heavy atom. The molecule has 0 saturated carbocycles. The molecule has 124 valence electrons.